The zero-order valence-corrected chi connectivity index (χ0v) is 18.4. The van der Waals surface area contributed by atoms with E-state index in [4.69, 9.17) is 32.4 Å². The number of thiazole rings is 1. The number of hydrogen-bond donors (Lipinski definition) is 2. The van der Waals surface area contributed by atoms with Crippen molar-refractivity contribution in [1.82, 2.24) is 10.3 Å². The van der Waals surface area contributed by atoms with Crippen LogP contribution in [0.2, 0.25) is 10.0 Å². The summed E-state index contributed by atoms with van der Waals surface area (Å²) in [4.78, 5) is 27.5. The fraction of sp³-hybridized carbons (Fsp3) is 0.250. The molecule has 10 heteroatoms. The van der Waals surface area contributed by atoms with Crippen molar-refractivity contribution >= 4 is 51.5 Å². The van der Waals surface area contributed by atoms with Gasteiger partial charge in [0.25, 0.3) is 0 Å². The van der Waals surface area contributed by atoms with Gasteiger partial charge in [-0.05, 0) is 30.7 Å². The lowest BCUT2D eigenvalue weighted by Gasteiger charge is -2.08. The minimum absolute atomic E-state index is 0.132. The molecule has 3 rings (SSSR count). The van der Waals surface area contributed by atoms with E-state index >= 15 is 0 Å². The highest BCUT2D eigenvalue weighted by Crippen LogP contribution is 2.31. The van der Waals surface area contributed by atoms with Crippen LogP contribution in [0.15, 0.2) is 40.1 Å². The van der Waals surface area contributed by atoms with Gasteiger partial charge in [-0.2, -0.15) is 0 Å². The lowest BCUT2D eigenvalue weighted by molar-refractivity contribution is -0.119. The third-order valence-electron chi connectivity index (χ3n) is 3.90. The van der Waals surface area contributed by atoms with Crippen LogP contribution in [-0.2, 0) is 16.1 Å². The maximum Gasteiger partial charge on any atom is 0.226 e. The molecule has 3 aromatic rings. The molecule has 0 unspecified atom stereocenters. The number of furan rings is 1. The molecule has 0 spiro atoms. The molecule has 0 atom stereocenters. The van der Waals surface area contributed by atoms with E-state index in [-0.39, 0.29) is 18.2 Å². The van der Waals surface area contributed by atoms with Crippen LogP contribution in [0.1, 0.15) is 25.5 Å². The molecule has 2 amide bonds. The summed E-state index contributed by atoms with van der Waals surface area (Å²) in [6.07, 6.45) is 0.784. The molecule has 1 aromatic carbocycles. The van der Waals surface area contributed by atoms with Crippen LogP contribution in [0.3, 0.4) is 0 Å². The number of amides is 2. The fourth-order valence-electron chi connectivity index (χ4n) is 2.46. The number of nitrogens with one attached hydrogen (secondary N) is 2. The van der Waals surface area contributed by atoms with Gasteiger partial charge in [-0.3, -0.25) is 9.59 Å². The van der Waals surface area contributed by atoms with E-state index in [9.17, 15) is 9.59 Å². The Bertz CT molecular complexity index is 1030. The number of halogens is 2. The first kappa shape index (κ1) is 22.1. The number of ether oxygens (including phenoxy) is 1. The molecule has 30 heavy (non-hydrogen) atoms. The maximum atomic E-state index is 12.1. The SMILES string of the molecule is CC(=O)NCc1ccc(-c2csc(NC(=O)CCCOc3cccc(Cl)c3Cl)n2)o1. The minimum atomic E-state index is -0.164. The molecule has 2 heterocycles. The van der Waals surface area contributed by atoms with Gasteiger partial charge >= 0.3 is 0 Å². The number of rotatable bonds is 9. The quantitative estimate of drug-likeness (QED) is 0.424. The number of aromatic nitrogens is 1. The summed E-state index contributed by atoms with van der Waals surface area (Å²) in [6.45, 7) is 2.09. The van der Waals surface area contributed by atoms with Crippen molar-refractivity contribution in [2.45, 2.75) is 26.3 Å². The van der Waals surface area contributed by atoms with Crippen molar-refractivity contribution in [1.29, 1.82) is 0 Å². The van der Waals surface area contributed by atoms with Gasteiger partial charge in [0, 0.05) is 18.7 Å². The third-order valence-corrected chi connectivity index (χ3v) is 5.46. The summed E-state index contributed by atoms with van der Waals surface area (Å²) in [6, 6.07) is 8.70. The molecule has 0 saturated carbocycles. The zero-order chi connectivity index (χ0) is 21.5. The Hall–Kier alpha value is -2.55. The standard InChI is InChI=1S/C20H19Cl2N3O4S/c1-12(26)23-10-13-7-8-16(29-13)15-11-30-20(24-15)25-18(27)6-3-9-28-17-5-2-4-14(21)19(17)22/h2,4-5,7-8,11H,3,6,9-10H2,1H3,(H,23,26)(H,24,25,27). The van der Waals surface area contributed by atoms with Gasteiger partial charge in [0.15, 0.2) is 10.9 Å². The zero-order valence-electron chi connectivity index (χ0n) is 16.0. The Morgan fingerprint density at radius 2 is 2.07 bits per heavy atom. The normalized spacial score (nSPS) is 10.6. The summed E-state index contributed by atoms with van der Waals surface area (Å²) in [5, 5.41) is 8.48. The molecular weight excluding hydrogens is 449 g/mol. The van der Waals surface area contributed by atoms with Crippen LogP contribution in [0, 0.1) is 0 Å². The number of carbonyl (C=O) groups excluding carboxylic acids is 2. The van der Waals surface area contributed by atoms with Crippen LogP contribution in [0.5, 0.6) is 5.75 Å². The van der Waals surface area contributed by atoms with Gasteiger partial charge in [-0.25, -0.2) is 4.98 Å². The Balaban J connectivity index is 1.44. The molecule has 0 saturated heterocycles. The van der Waals surface area contributed by atoms with Gasteiger partial charge in [-0.15, -0.1) is 11.3 Å². The van der Waals surface area contributed by atoms with E-state index in [0.29, 0.717) is 57.7 Å². The fourth-order valence-corrected chi connectivity index (χ4v) is 3.52. The van der Waals surface area contributed by atoms with E-state index in [1.54, 1.807) is 35.7 Å². The van der Waals surface area contributed by atoms with Crippen molar-refractivity contribution in [2.24, 2.45) is 0 Å². The monoisotopic (exact) mass is 467 g/mol. The largest absolute Gasteiger partial charge is 0.492 e. The highest BCUT2D eigenvalue weighted by molar-refractivity contribution is 7.14. The molecule has 0 fully saturated rings. The van der Waals surface area contributed by atoms with Crippen molar-refractivity contribution in [3.05, 3.63) is 51.5 Å². The molecule has 7 nitrogen and oxygen atoms in total. The van der Waals surface area contributed by atoms with Crippen LogP contribution in [0.4, 0.5) is 5.13 Å². The predicted octanol–water partition coefficient (Wildman–Crippen LogP) is 5.14. The second-order valence-electron chi connectivity index (χ2n) is 6.27. The van der Waals surface area contributed by atoms with Gasteiger partial charge < -0.3 is 19.8 Å². The highest BCUT2D eigenvalue weighted by Gasteiger charge is 2.12. The Morgan fingerprint density at radius 1 is 1.23 bits per heavy atom. The summed E-state index contributed by atoms with van der Waals surface area (Å²) in [5.74, 6) is 1.39. The number of nitrogens with zero attached hydrogens (tertiary/aromatic N) is 1. The summed E-state index contributed by atoms with van der Waals surface area (Å²) >= 11 is 13.3. The first-order valence-corrected chi connectivity index (χ1v) is 10.7. The van der Waals surface area contributed by atoms with E-state index < -0.39 is 0 Å². The molecule has 0 radical (unpaired) electrons. The minimum Gasteiger partial charge on any atom is -0.492 e. The lowest BCUT2D eigenvalue weighted by Crippen LogP contribution is -2.18. The topological polar surface area (TPSA) is 93.5 Å². The molecule has 2 aromatic heterocycles. The van der Waals surface area contributed by atoms with Crippen molar-refractivity contribution in [3.63, 3.8) is 0 Å². The predicted molar refractivity (Wildman–Crippen MR) is 117 cm³/mol. The van der Waals surface area contributed by atoms with E-state index in [2.05, 4.69) is 15.6 Å². The highest BCUT2D eigenvalue weighted by atomic mass is 35.5. The maximum absolute atomic E-state index is 12.1. The summed E-state index contributed by atoms with van der Waals surface area (Å²) < 4.78 is 11.2. The Labute approximate surface area is 187 Å². The van der Waals surface area contributed by atoms with Crippen LogP contribution in [0.25, 0.3) is 11.5 Å². The van der Waals surface area contributed by atoms with Crippen molar-refractivity contribution < 1.29 is 18.7 Å². The number of carbonyl (C=O) groups is 2. The molecular formula is C20H19Cl2N3O4S. The van der Waals surface area contributed by atoms with E-state index in [1.807, 2.05) is 0 Å². The van der Waals surface area contributed by atoms with Gasteiger partial charge in [-0.1, -0.05) is 29.3 Å². The first-order chi connectivity index (χ1) is 14.4. The van der Waals surface area contributed by atoms with Gasteiger partial charge in [0.05, 0.1) is 18.2 Å². The molecule has 158 valence electrons. The molecule has 0 aliphatic carbocycles. The first-order valence-electron chi connectivity index (χ1n) is 9.08. The second-order valence-corrected chi connectivity index (χ2v) is 7.91. The smallest absolute Gasteiger partial charge is 0.226 e. The third kappa shape index (κ3) is 6.22. The van der Waals surface area contributed by atoms with Crippen LogP contribution in [-0.4, -0.2) is 23.4 Å². The number of hydrogen-bond acceptors (Lipinski definition) is 6. The van der Waals surface area contributed by atoms with E-state index in [0.717, 1.165) is 0 Å². The molecule has 0 aliphatic rings. The van der Waals surface area contributed by atoms with E-state index in [1.165, 1.54) is 18.3 Å². The Morgan fingerprint density at radius 3 is 2.87 bits per heavy atom. The summed E-state index contributed by atoms with van der Waals surface area (Å²) in [5.41, 5.74) is 0.614. The average Bonchev–Trinajstić information content (AvgIpc) is 3.36. The molecule has 2 N–H and O–H groups in total. The number of anilines is 1. The van der Waals surface area contributed by atoms with Crippen LogP contribution < -0.4 is 15.4 Å². The number of benzene rings is 1. The van der Waals surface area contributed by atoms with Crippen LogP contribution >= 0.6 is 34.5 Å². The molecule has 0 bridgehead atoms. The van der Waals surface area contributed by atoms with Crippen molar-refractivity contribution in [2.75, 3.05) is 11.9 Å². The summed E-state index contributed by atoms with van der Waals surface area (Å²) in [7, 11) is 0. The van der Waals surface area contributed by atoms with Gasteiger partial charge in [0.1, 0.15) is 22.2 Å². The average molecular weight is 468 g/mol. The Kier molecular flexibility index (Phi) is 7.73. The van der Waals surface area contributed by atoms with Gasteiger partial charge in [0.2, 0.25) is 11.8 Å². The molecule has 0 aliphatic heterocycles. The lowest BCUT2D eigenvalue weighted by atomic mass is 10.3. The van der Waals surface area contributed by atoms with Crippen molar-refractivity contribution in [3.8, 4) is 17.2 Å². The second kappa shape index (κ2) is 10.5.